The van der Waals surface area contributed by atoms with E-state index in [2.05, 4.69) is 26.3 Å². The number of hydrogen-bond acceptors (Lipinski definition) is 4. The Hall–Kier alpha value is -2.04. The third kappa shape index (κ3) is 16.0. The lowest BCUT2D eigenvalue weighted by Gasteiger charge is -2.09. The Labute approximate surface area is 134 Å². The minimum absolute atomic E-state index is 0.0370. The Morgan fingerprint density at radius 3 is 1.32 bits per heavy atom. The normalized spacial score (nSPS) is 8.18. The van der Waals surface area contributed by atoms with Gasteiger partial charge in [0, 0.05) is 24.3 Å². The van der Waals surface area contributed by atoms with E-state index in [4.69, 9.17) is 9.47 Å². The molecule has 1 rings (SSSR count). The van der Waals surface area contributed by atoms with E-state index in [0.717, 1.165) is 25.8 Å². The fourth-order valence-electron chi connectivity index (χ4n) is 1.17. The molecule has 1 aromatic rings. The van der Waals surface area contributed by atoms with Gasteiger partial charge in [0.15, 0.2) is 6.29 Å². The zero-order chi connectivity index (χ0) is 17.8. The molecule has 0 saturated heterocycles. The Balaban J connectivity index is -0.000000272. The summed E-state index contributed by atoms with van der Waals surface area (Å²) < 4.78 is 10.1. The van der Waals surface area contributed by atoms with Crippen molar-refractivity contribution in [3.05, 3.63) is 61.7 Å². The van der Waals surface area contributed by atoms with E-state index in [1.54, 1.807) is 24.3 Å². The molecule has 0 spiro atoms. The van der Waals surface area contributed by atoms with Gasteiger partial charge >= 0.3 is 0 Å². The van der Waals surface area contributed by atoms with Crippen LogP contribution in [0.15, 0.2) is 50.6 Å². The van der Waals surface area contributed by atoms with Crippen LogP contribution in [0.4, 0.5) is 0 Å². The lowest BCUT2D eigenvalue weighted by atomic mass is 10.2. The number of aldehydes is 2. The molecule has 4 nitrogen and oxygen atoms in total. The smallest absolute Gasteiger partial charge is 0.154 e. The first-order valence-electron chi connectivity index (χ1n) is 6.91. The molecule has 22 heavy (non-hydrogen) atoms. The molecule has 124 valence electrons. The summed E-state index contributed by atoms with van der Waals surface area (Å²) in [5.74, 6) is 0. The highest BCUT2D eigenvalue weighted by Crippen LogP contribution is 1.98. The second-order valence-electron chi connectivity index (χ2n) is 3.38. The summed E-state index contributed by atoms with van der Waals surface area (Å²) in [6, 6.07) is 6.43. The van der Waals surface area contributed by atoms with Crippen molar-refractivity contribution in [3.8, 4) is 0 Å². The largest absolute Gasteiger partial charge is 0.353 e. The van der Waals surface area contributed by atoms with Crippen molar-refractivity contribution in [2.45, 2.75) is 27.1 Å². The monoisotopic (exact) mass is 308 g/mol. The van der Waals surface area contributed by atoms with E-state index in [-0.39, 0.29) is 6.29 Å². The maximum Gasteiger partial charge on any atom is 0.154 e. The van der Waals surface area contributed by atoms with Crippen molar-refractivity contribution in [2.24, 2.45) is 0 Å². The van der Waals surface area contributed by atoms with Gasteiger partial charge < -0.3 is 9.47 Å². The van der Waals surface area contributed by atoms with Crippen LogP contribution < -0.4 is 0 Å². The number of ether oxygens (including phenoxy) is 2. The molecule has 0 aliphatic rings. The molecule has 0 saturated carbocycles. The minimum atomic E-state index is -0.0370. The predicted molar refractivity (Wildman–Crippen MR) is 92.4 cm³/mol. The molecule has 0 heterocycles. The summed E-state index contributed by atoms with van der Waals surface area (Å²) >= 11 is 0. The summed E-state index contributed by atoms with van der Waals surface area (Å²) in [7, 11) is 0. The standard InChI is InChI=1S/C8H6O2.C6H14O2.2C2H4/c9-5-7-1-2-8(6-10)4-3-7;1-4-7-6(3)8-5-2;2*1-2/h1-6H;6H,4-5H2,1-3H3;2*1-2H2. The average Bonchev–Trinajstić information content (AvgIpc) is 2.59. The van der Waals surface area contributed by atoms with Gasteiger partial charge in [0.1, 0.15) is 12.6 Å². The van der Waals surface area contributed by atoms with E-state index < -0.39 is 0 Å². The molecule has 4 heteroatoms. The Morgan fingerprint density at radius 2 is 1.14 bits per heavy atom. The molecular formula is C18H28O4. The molecule has 1 aromatic carbocycles. The van der Waals surface area contributed by atoms with Crippen molar-refractivity contribution in [2.75, 3.05) is 13.2 Å². The predicted octanol–water partition coefficient (Wildman–Crippen LogP) is 4.32. The second kappa shape index (κ2) is 21.3. The van der Waals surface area contributed by atoms with Gasteiger partial charge in [-0.15, -0.1) is 26.3 Å². The zero-order valence-electron chi connectivity index (χ0n) is 13.9. The van der Waals surface area contributed by atoms with Gasteiger partial charge in [-0.1, -0.05) is 24.3 Å². The van der Waals surface area contributed by atoms with Crippen LogP contribution in [0, 0.1) is 0 Å². The van der Waals surface area contributed by atoms with Crippen LogP contribution in [0.3, 0.4) is 0 Å². The summed E-state index contributed by atoms with van der Waals surface area (Å²) in [5, 5.41) is 0. The summed E-state index contributed by atoms with van der Waals surface area (Å²) in [4.78, 5) is 20.2. The summed E-state index contributed by atoms with van der Waals surface area (Å²) in [6.07, 6.45) is 1.45. The first-order valence-corrected chi connectivity index (χ1v) is 6.91. The molecule has 0 amide bonds. The molecule has 0 aliphatic carbocycles. The summed E-state index contributed by atoms with van der Waals surface area (Å²) in [6.45, 7) is 19.3. The quantitative estimate of drug-likeness (QED) is 0.446. The highest BCUT2D eigenvalue weighted by atomic mass is 16.7. The van der Waals surface area contributed by atoms with Gasteiger partial charge in [0.25, 0.3) is 0 Å². The molecule has 0 bridgehead atoms. The second-order valence-corrected chi connectivity index (χ2v) is 3.38. The van der Waals surface area contributed by atoms with E-state index in [9.17, 15) is 9.59 Å². The van der Waals surface area contributed by atoms with Crippen LogP contribution >= 0.6 is 0 Å². The fourth-order valence-corrected chi connectivity index (χ4v) is 1.17. The minimum Gasteiger partial charge on any atom is -0.353 e. The molecule has 0 aliphatic heterocycles. The zero-order valence-corrected chi connectivity index (χ0v) is 13.9. The number of hydrogen-bond donors (Lipinski definition) is 0. The van der Waals surface area contributed by atoms with Crippen LogP contribution in [-0.4, -0.2) is 32.1 Å². The third-order valence-electron chi connectivity index (χ3n) is 2.01. The maximum atomic E-state index is 10.1. The fraction of sp³-hybridized carbons (Fsp3) is 0.333. The highest BCUT2D eigenvalue weighted by Gasteiger charge is 1.94. The molecule has 0 N–H and O–H groups in total. The molecule has 0 unspecified atom stereocenters. The van der Waals surface area contributed by atoms with E-state index in [0.29, 0.717) is 11.1 Å². The van der Waals surface area contributed by atoms with Gasteiger partial charge in [-0.05, 0) is 20.8 Å². The van der Waals surface area contributed by atoms with Crippen molar-refractivity contribution in [3.63, 3.8) is 0 Å². The third-order valence-corrected chi connectivity index (χ3v) is 2.01. The van der Waals surface area contributed by atoms with Crippen molar-refractivity contribution in [1.82, 2.24) is 0 Å². The SMILES string of the molecule is C=C.C=C.CCOC(C)OCC.O=Cc1ccc(C=O)cc1. The lowest BCUT2D eigenvalue weighted by molar-refractivity contribution is -0.123. The molecule has 0 aromatic heterocycles. The Kier molecular flexibility index (Phi) is 24.1. The number of rotatable bonds is 6. The van der Waals surface area contributed by atoms with E-state index in [1.807, 2.05) is 20.8 Å². The van der Waals surface area contributed by atoms with Crippen molar-refractivity contribution in [1.29, 1.82) is 0 Å². The van der Waals surface area contributed by atoms with E-state index in [1.165, 1.54) is 0 Å². The van der Waals surface area contributed by atoms with Gasteiger partial charge in [0.2, 0.25) is 0 Å². The van der Waals surface area contributed by atoms with Crippen molar-refractivity contribution >= 4 is 12.6 Å². The van der Waals surface area contributed by atoms with Gasteiger partial charge in [0.05, 0.1) is 0 Å². The molecular weight excluding hydrogens is 280 g/mol. The Morgan fingerprint density at radius 1 is 0.864 bits per heavy atom. The van der Waals surface area contributed by atoms with Crippen LogP contribution in [-0.2, 0) is 9.47 Å². The van der Waals surface area contributed by atoms with Crippen LogP contribution in [0.25, 0.3) is 0 Å². The van der Waals surface area contributed by atoms with Gasteiger partial charge in [-0.2, -0.15) is 0 Å². The van der Waals surface area contributed by atoms with Crippen LogP contribution in [0.2, 0.25) is 0 Å². The van der Waals surface area contributed by atoms with Gasteiger partial charge in [-0.25, -0.2) is 0 Å². The van der Waals surface area contributed by atoms with Crippen LogP contribution in [0.1, 0.15) is 41.5 Å². The summed E-state index contributed by atoms with van der Waals surface area (Å²) in [5.41, 5.74) is 1.18. The molecule has 0 atom stereocenters. The lowest BCUT2D eigenvalue weighted by Crippen LogP contribution is -2.11. The number of benzene rings is 1. The number of carbonyl (C=O) groups excluding carboxylic acids is 2. The highest BCUT2D eigenvalue weighted by molar-refractivity contribution is 5.79. The Bertz CT molecular complexity index is 325. The van der Waals surface area contributed by atoms with Crippen molar-refractivity contribution < 1.29 is 19.1 Å². The first-order chi connectivity index (χ1) is 10.7. The number of carbonyl (C=O) groups is 2. The van der Waals surface area contributed by atoms with E-state index >= 15 is 0 Å². The molecule has 0 radical (unpaired) electrons. The average molecular weight is 308 g/mol. The molecule has 0 fully saturated rings. The van der Waals surface area contributed by atoms with Crippen LogP contribution in [0.5, 0.6) is 0 Å². The first kappa shape index (κ1) is 24.9. The van der Waals surface area contributed by atoms with Gasteiger partial charge in [-0.3, -0.25) is 9.59 Å². The maximum absolute atomic E-state index is 10.1. The topological polar surface area (TPSA) is 52.6 Å².